The van der Waals surface area contributed by atoms with Gasteiger partial charge in [0.1, 0.15) is 6.54 Å². The maximum Gasteiger partial charge on any atom is 0.333 e. The molecule has 3 rings (SSSR count). The third kappa shape index (κ3) is 3.41. The first-order valence-electron chi connectivity index (χ1n) is 8.14. The van der Waals surface area contributed by atoms with Crippen molar-refractivity contribution in [2.24, 2.45) is 14.1 Å². The molecule has 0 aliphatic carbocycles. The van der Waals surface area contributed by atoms with Gasteiger partial charge in [-0.3, -0.25) is 19.1 Å². The summed E-state index contributed by atoms with van der Waals surface area (Å²) < 4.78 is 8.79. The molecular formula is C17H19N5O4. The van der Waals surface area contributed by atoms with Crippen LogP contribution in [0.3, 0.4) is 0 Å². The lowest BCUT2D eigenvalue weighted by Crippen LogP contribution is -2.41. The Kier molecular flexibility index (Phi) is 4.97. The van der Waals surface area contributed by atoms with Gasteiger partial charge in [0, 0.05) is 26.5 Å². The minimum atomic E-state index is -0.625. The van der Waals surface area contributed by atoms with Crippen molar-refractivity contribution in [2.75, 3.05) is 6.61 Å². The fraction of sp³-hybridized carbons (Fsp3) is 0.353. The standard InChI is InChI=1S/C17H19N5O4/c1-20-11-19-15-14(20)16(24)22(17(25)21(15)2)10-13(23)26-9-3-4-12-5-7-18-8-6-12/h5-8,11H,3-4,9-10H2,1-2H3. The number of nitrogens with zero attached hydrogens (tertiary/aromatic N) is 5. The first-order chi connectivity index (χ1) is 12.5. The zero-order chi connectivity index (χ0) is 18.7. The molecular weight excluding hydrogens is 338 g/mol. The van der Waals surface area contributed by atoms with Crippen LogP contribution in [0.15, 0.2) is 40.4 Å². The zero-order valence-electron chi connectivity index (χ0n) is 14.6. The van der Waals surface area contributed by atoms with E-state index >= 15 is 0 Å². The summed E-state index contributed by atoms with van der Waals surface area (Å²) in [5.74, 6) is -0.625. The van der Waals surface area contributed by atoms with E-state index in [2.05, 4.69) is 9.97 Å². The van der Waals surface area contributed by atoms with Gasteiger partial charge in [-0.2, -0.15) is 0 Å². The van der Waals surface area contributed by atoms with Gasteiger partial charge in [0.05, 0.1) is 12.9 Å². The molecule has 0 spiro atoms. The van der Waals surface area contributed by atoms with Gasteiger partial charge < -0.3 is 9.30 Å². The van der Waals surface area contributed by atoms with E-state index < -0.39 is 23.8 Å². The van der Waals surface area contributed by atoms with Gasteiger partial charge >= 0.3 is 11.7 Å². The summed E-state index contributed by atoms with van der Waals surface area (Å²) in [7, 11) is 3.16. The average Bonchev–Trinajstić information content (AvgIpc) is 3.03. The van der Waals surface area contributed by atoms with E-state index in [-0.39, 0.29) is 17.8 Å². The van der Waals surface area contributed by atoms with Crippen molar-refractivity contribution in [2.45, 2.75) is 19.4 Å². The molecule has 3 aromatic heterocycles. The van der Waals surface area contributed by atoms with Crippen LogP contribution in [-0.4, -0.2) is 36.2 Å². The largest absolute Gasteiger partial charge is 0.464 e. The predicted octanol–water partition coefficient (Wildman–Crippen LogP) is 0.00470. The van der Waals surface area contributed by atoms with E-state index in [1.807, 2.05) is 12.1 Å². The summed E-state index contributed by atoms with van der Waals surface area (Å²) in [4.78, 5) is 44.9. The highest BCUT2D eigenvalue weighted by atomic mass is 16.5. The Bertz CT molecular complexity index is 1050. The molecule has 9 heteroatoms. The molecule has 0 saturated heterocycles. The van der Waals surface area contributed by atoms with Crippen molar-refractivity contribution < 1.29 is 9.53 Å². The van der Waals surface area contributed by atoms with Crippen LogP contribution in [0.1, 0.15) is 12.0 Å². The second-order valence-corrected chi connectivity index (χ2v) is 5.94. The van der Waals surface area contributed by atoms with Crippen LogP contribution in [0.4, 0.5) is 0 Å². The Morgan fingerprint density at radius 1 is 1.19 bits per heavy atom. The van der Waals surface area contributed by atoms with Crippen molar-refractivity contribution in [3.05, 3.63) is 57.3 Å². The van der Waals surface area contributed by atoms with E-state index in [9.17, 15) is 14.4 Å². The smallest absolute Gasteiger partial charge is 0.333 e. The first-order valence-corrected chi connectivity index (χ1v) is 8.14. The molecule has 0 saturated carbocycles. The Balaban J connectivity index is 1.67. The van der Waals surface area contributed by atoms with Gasteiger partial charge in [-0.1, -0.05) is 0 Å². The summed E-state index contributed by atoms with van der Waals surface area (Å²) in [6.07, 6.45) is 6.26. The van der Waals surface area contributed by atoms with Crippen molar-refractivity contribution in [3.63, 3.8) is 0 Å². The molecule has 3 aromatic rings. The van der Waals surface area contributed by atoms with Crippen molar-refractivity contribution in [1.82, 2.24) is 23.7 Å². The van der Waals surface area contributed by atoms with Crippen LogP contribution >= 0.6 is 0 Å². The SMILES string of the molecule is Cn1cnc2c1c(=O)n(CC(=O)OCCCc1ccncc1)c(=O)n2C. The summed E-state index contributed by atoms with van der Waals surface area (Å²) in [6.45, 7) is -0.216. The number of aromatic nitrogens is 5. The van der Waals surface area contributed by atoms with Gasteiger partial charge in [-0.15, -0.1) is 0 Å². The second-order valence-electron chi connectivity index (χ2n) is 5.94. The summed E-state index contributed by atoms with van der Waals surface area (Å²) >= 11 is 0. The van der Waals surface area contributed by atoms with E-state index in [4.69, 9.17) is 4.74 Å². The number of carbonyl (C=O) groups is 1. The molecule has 0 atom stereocenters. The molecule has 136 valence electrons. The van der Waals surface area contributed by atoms with E-state index in [1.54, 1.807) is 19.4 Å². The van der Waals surface area contributed by atoms with Gasteiger partial charge in [0.25, 0.3) is 5.56 Å². The van der Waals surface area contributed by atoms with Crippen molar-refractivity contribution in [1.29, 1.82) is 0 Å². The minimum Gasteiger partial charge on any atom is -0.464 e. The van der Waals surface area contributed by atoms with Crippen molar-refractivity contribution in [3.8, 4) is 0 Å². The van der Waals surface area contributed by atoms with Crippen LogP contribution in [0.25, 0.3) is 11.2 Å². The van der Waals surface area contributed by atoms with Gasteiger partial charge in [0.2, 0.25) is 0 Å². The third-order valence-corrected chi connectivity index (χ3v) is 4.11. The van der Waals surface area contributed by atoms with Crippen molar-refractivity contribution >= 4 is 17.1 Å². The molecule has 0 N–H and O–H groups in total. The second kappa shape index (κ2) is 7.34. The molecule has 26 heavy (non-hydrogen) atoms. The number of pyridine rings is 1. The Morgan fingerprint density at radius 3 is 2.65 bits per heavy atom. The monoisotopic (exact) mass is 357 g/mol. The number of rotatable bonds is 6. The van der Waals surface area contributed by atoms with E-state index in [0.29, 0.717) is 6.42 Å². The Labute approximate surface area is 148 Å². The lowest BCUT2D eigenvalue weighted by atomic mass is 10.1. The molecule has 0 aliphatic rings. The molecule has 0 bridgehead atoms. The topological polar surface area (TPSA) is 101 Å². The van der Waals surface area contributed by atoms with Crippen LogP contribution in [0.2, 0.25) is 0 Å². The minimum absolute atomic E-state index is 0.212. The van der Waals surface area contributed by atoms with Crippen LogP contribution in [-0.2, 0) is 36.6 Å². The van der Waals surface area contributed by atoms with E-state index in [1.165, 1.54) is 22.5 Å². The molecule has 3 heterocycles. The fourth-order valence-electron chi connectivity index (χ4n) is 2.72. The zero-order valence-corrected chi connectivity index (χ0v) is 14.6. The van der Waals surface area contributed by atoms with Gasteiger partial charge in [-0.25, -0.2) is 14.3 Å². The highest BCUT2D eigenvalue weighted by Gasteiger charge is 2.17. The number of imidazole rings is 1. The molecule has 0 aromatic carbocycles. The quantitative estimate of drug-likeness (QED) is 0.455. The van der Waals surface area contributed by atoms with Crippen LogP contribution < -0.4 is 11.2 Å². The molecule has 0 unspecified atom stereocenters. The Hall–Kier alpha value is -3.23. The maximum absolute atomic E-state index is 12.5. The summed E-state index contributed by atoms with van der Waals surface area (Å²) in [5, 5.41) is 0. The summed E-state index contributed by atoms with van der Waals surface area (Å²) in [6, 6.07) is 3.79. The fourth-order valence-corrected chi connectivity index (χ4v) is 2.72. The number of fused-ring (bicyclic) bond motifs is 1. The highest BCUT2D eigenvalue weighted by molar-refractivity contribution is 5.72. The molecule has 0 aliphatic heterocycles. The maximum atomic E-state index is 12.5. The summed E-state index contributed by atoms with van der Waals surface area (Å²) in [5.41, 5.74) is 0.483. The molecule has 0 amide bonds. The third-order valence-electron chi connectivity index (χ3n) is 4.11. The highest BCUT2D eigenvalue weighted by Crippen LogP contribution is 2.03. The number of hydrogen-bond acceptors (Lipinski definition) is 6. The molecule has 0 radical (unpaired) electrons. The number of hydrogen-bond donors (Lipinski definition) is 0. The normalized spacial score (nSPS) is 11.0. The van der Waals surface area contributed by atoms with Crippen LogP contribution in [0, 0.1) is 0 Å². The van der Waals surface area contributed by atoms with Gasteiger partial charge in [-0.05, 0) is 30.5 Å². The lowest BCUT2D eigenvalue weighted by molar-refractivity contribution is -0.144. The Morgan fingerprint density at radius 2 is 1.92 bits per heavy atom. The number of aryl methyl sites for hydroxylation is 3. The molecule has 0 fully saturated rings. The number of ether oxygens (including phenoxy) is 1. The lowest BCUT2D eigenvalue weighted by Gasteiger charge is -2.09. The number of carbonyl (C=O) groups excluding carboxylic acids is 1. The first kappa shape index (κ1) is 17.6. The predicted molar refractivity (Wildman–Crippen MR) is 93.7 cm³/mol. The number of esters is 1. The van der Waals surface area contributed by atoms with Gasteiger partial charge in [0.15, 0.2) is 11.2 Å². The average molecular weight is 357 g/mol. The van der Waals surface area contributed by atoms with Crippen LogP contribution in [0.5, 0.6) is 0 Å². The molecule has 9 nitrogen and oxygen atoms in total. The van der Waals surface area contributed by atoms with E-state index in [0.717, 1.165) is 16.6 Å².